The average Bonchev–Trinajstić information content (AvgIpc) is 2.88. The molecule has 8 heteroatoms. The van der Waals surface area contributed by atoms with Crippen LogP contribution in [0.1, 0.15) is 51.6 Å². The number of halogens is 1. The van der Waals surface area contributed by atoms with Crippen molar-refractivity contribution in [1.82, 2.24) is 14.7 Å². The highest BCUT2D eigenvalue weighted by Crippen LogP contribution is 2.38. The van der Waals surface area contributed by atoms with Crippen LogP contribution in [-0.4, -0.2) is 46.0 Å². The summed E-state index contributed by atoms with van der Waals surface area (Å²) >= 11 is 3.38. The number of hydrogen-bond acceptors (Lipinski definition) is 5. The van der Waals surface area contributed by atoms with E-state index in [2.05, 4.69) is 32.4 Å². The van der Waals surface area contributed by atoms with Gasteiger partial charge in [0.2, 0.25) is 0 Å². The number of fused-ring (bicyclic) bond motifs is 1. The van der Waals surface area contributed by atoms with Crippen LogP contribution in [0.25, 0.3) is 0 Å². The smallest absolute Gasteiger partial charge is 0.410 e. The van der Waals surface area contributed by atoms with Gasteiger partial charge >= 0.3 is 6.09 Å². The SMILES string of the molecule is CC(C)(C)OC(=O)N1CCC(C2CCNc3c(C#N)c(Br)nn32)CC1. The van der Waals surface area contributed by atoms with Crippen molar-refractivity contribution in [3.8, 4) is 6.07 Å². The minimum absolute atomic E-state index is 0.231. The second kappa shape index (κ2) is 6.87. The first kappa shape index (κ1) is 18.1. The molecule has 3 heterocycles. The molecular formula is C17H24BrN5O2. The van der Waals surface area contributed by atoms with Crippen LogP contribution in [-0.2, 0) is 4.74 Å². The Morgan fingerprint density at radius 1 is 1.36 bits per heavy atom. The highest BCUT2D eigenvalue weighted by Gasteiger charge is 2.35. The largest absolute Gasteiger partial charge is 0.444 e. The third-order valence-electron chi connectivity index (χ3n) is 4.76. The molecule has 25 heavy (non-hydrogen) atoms. The molecule has 7 nitrogen and oxygen atoms in total. The number of rotatable bonds is 1. The van der Waals surface area contributed by atoms with E-state index in [4.69, 9.17) is 4.74 Å². The Morgan fingerprint density at radius 3 is 2.64 bits per heavy atom. The third kappa shape index (κ3) is 3.76. The molecule has 1 amide bonds. The van der Waals surface area contributed by atoms with E-state index in [1.54, 1.807) is 4.90 Å². The summed E-state index contributed by atoms with van der Waals surface area (Å²) < 4.78 is 8.02. The standard InChI is InChI=1S/C17H24BrN5O2/c1-17(2,3)25-16(24)22-8-5-11(6-9-22)13-4-7-20-15-12(10-19)14(18)21-23(13)15/h11,13,20H,4-9H2,1-3H3. The molecule has 1 aromatic heterocycles. The predicted octanol–water partition coefficient (Wildman–Crippen LogP) is 3.52. The normalized spacial score (nSPS) is 21.2. The zero-order valence-electron chi connectivity index (χ0n) is 14.9. The number of anilines is 1. The summed E-state index contributed by atoms with van der Waals surface area (Å²) in [4.78, 5) is 14.0. The molecule has 0 aliphatic carbocycles. The van der Waals surface area contributed by atoms with Crippen LogP contribution in [0.2, 0.25) is 0 Å². The maximum atomic E-state index is 12.2. The van der Waals surface area contributed by atoms with Crippen molar-refractivity contribution in [3.63, 3.8) is 0 Å². The van der Waals surface area contributed by atoms with Crippen LogP contribution < -0.4 is 5.32 Å². The van der Waals surface area contributed by atoms with Crippen LogP contribution in [0.15, 0.2) is 4.60 Å². The molecule has 0 bridgehead atoms. The fourth-order valence-electron chi connectivity index (χ4n) is 3.60. The molecular weight excluding hydrogens is 386 g/mol. The second-order valence-electron chi connectivity index (χ2n) is 7.66. The zero-order chi connectivity index (χ0) is 18.2. The molecule has 1 fully saturated rings. The van der Waals surface area contributed by atoms with E-state index in [1.165, 1.54) is 0 Å². The van der Waals surface area contributed by atoms with E-state index in [-0.39, 0.29) is 12.1 Å². The van der Waals surface area contributed by atoms with Gasteiger partial charge in [0.05, 0.1) is 6.04 Å². The van der Waals surface area contributed by atoms with Crippen LogP contribution in [0.3, 0.4) is 0 Å². The number of hydrogen-bond donors (Lipinski definition) is 1. The van der Waals surface area contributed by atoms with Gasteiger partial charge in [0.25, 0.3) is 0 Å². The van der Waals surface area contributed by atoms with Gasteiger partial charge in [-0.1, -0.05) is 0 Å². The second-order valence-corrected chi connectivity index (χ2v) is 8.41. The summed E-state index contributed by atoms with van der Waals surface area (Å²) in [6.07, 6.45) is 2.58. The maximum Gasteiger partial charge on any atom is 0.410 e. The first-order valence-electron chi connectivity index (χ1n) is 8.70. The Balaban J connectivity index is 1.67. The van der Waals surface area contributed by atoms with Gasteiger partial charge in [-0.05, 0) is 61.9 Å². The quantitative estimate of drug-likeness (QED) is 0.766. The summed E-state index contributed by atoms with van der Waals surface area (Å²) in [5, 5.41) is 17.1. The van der Waals surface area contributed by atoms with E-state index in [9.17, 15) is 10.1 Å². The van der Waals surface area contributed by atoms with Crippen LogP contribution in [0, 0.1) is 17.2 Å². The van der Waals surface area contributed by atoms with Crippen LogP contribution >= 0.6 is 15.9 Å². The summed E-state index contributed by atoms with van der Waals surface area (Å²) in [7, 11) is 0. The molecule has 1 aromatic rings. The molecule has 0 aromatic carbocycles. The number of nitrogens with zero attached hydrogens (tertiary/aromatic N) is 4. The number of amides is 1. The lowest BCUT2D eigenvalue weighted by Crippen LogP contribution is -2.43. The van der Waals surface area contributed by atoms with Gasteiger partial charge in [-0.25, -0.2) is 9.48 Å². The predicted molar refractivity (Wildman–Crippen MR) is 97.3 cm³/mol. The number of aromatic nitrogens is 2. The lowest BCUT2D eigenvalue weighted by Gasteiger charge is -2.38. The number of likely N-dealkylation sites (tertiary alicyclic amines) is 1. The average molecular weight is 410 g/mol. The number of ether oxygens (including phenoxy) is 1. The van der Waals surface area contributed by atoms with Crippen molar-refractivity contribution in [2.45, 2.75) is 51.7 Å². The van der Waals surface area contributed by atoms with E-state index < -0.39 is 5.60 Å². The van der Waals surface area contributed by atoms with Crippen LogP contribution in [0.4, 0.5) is 10.6 Å². The highest BCUT2D eigenvalue weighted by molar-refractivity contribution is 9.10. The van der Waals surface area contributed by atoms with Gasteiger partial charge in [0, 0.05) is 19.6 Å². The minimum Gasteiger partial charge on any atom is -0.444 e. The zero-order valence-corrected chi connectivity index (χ0v) is 16.5. The number of nitrogens with one attached hydrogen (secondary N) is 1. The first-order valence-corrected chi connectivity index (χ1v) is 9.49. The van der Waals surface area contributed by atoms with Gasteiger partial charge in [0.15, 0.2) is 0 Å². The molecule has 2 aliphatic heterocycles. The summed E-state index contributed by atoms with van der Waals surface area (Å²) in [5.41, 5.74) is 0.100. The molecule has 1 unspecified atom stereocenters. The van der Waals surface area contributed by atoms with Gasteiger partial charge < -0.3 is 15.0 Å². The number of nitriles is 1. The molecule has 1 saturated heterocycles. The summed E-state index contributed by atoms with van der Waals surface area (Å²) in [5.74, 6) is 1.25. The van der Waals surface area contributed by atoms with Crippen molar-refractivity contribution < 1.29 is 9.53 Å². The fourth-order valence-corrected chi connectivity index (χ4v) is 4.05. The monoisotopic (exact) mass is 409 g/mol. The molecule has 136 valence electrons. The molecule has 1 N–H and O–H groups in total. The Kier molecular flexibility index (Phi) is 4.96. The van der Waals surface area contributed by atoms with Gasteiger partial charge in [-0.3, -0.25) is 0 Å². The molecule has 0 spiro atoms. The fraction of sp³-hybridized carbons (Fsp3) is 0.706. The molecule has 3 rings (SSSR count). The third-order valence-corrected chi connectivity index (χ3v) is 5.32. The van der Waals surface area contributed by atoms with E-state index in [0.29, 0.717) is 29.2 Å². The lowest BCUT2D eigenvalue weighted by molar-refractivity contribution is 0.0157. The van der Waals surface area contributed by atoms with E-state index >= 15 is 0 Å². The van der Waals surface area contributed by atoms with Gasteiger partial charge in [0.1, 0.15) is 27.7 Å². The Labute approximate surface area is 156 Å². The van der Waals surface area contributed by atoms with Crippen LogP contribution in [0.5, 0.6) is 0 Å². The van der Waals surface area contributed by atoms with Crippen molar-refractivity contribution >= 4 is 27.8 Å². The Bertz CT molecular complexity index is 695. The first-order chi connectivity index (χ1) is 11.8. The van der Waals surface area contributed by atoms with Crippen molar-refractivity contribution in [1.29, 1.82) is 5.26 Å². The Hall–Kier alpha value is -1.75. The number of piperidine rings is 1. The van der Waals surface area contributed by atoms with Crippen molar-refractivity contribution in [2.24, 2.45) is 5.92 Å². The Morgan fingerprint density at radius 2 is 2.04 bits per heavy atom. The molecule has 2 aliphatic rings. The minimum atomic E-state index is -0.465. The van der Waals surface area contributed by atoms with Gasteiger partial charge in [-0.15, -0.1) is 0 Å². The van der Waals surface area contributed by atoms with E-state index in [1.807, 2.05) is 25.5 Å². The van der Waals surface area contributed by atoms with E-state index in [0.717, 1.165) is 31.6 Å². The van der Waals surface area contributed by atoms with Crippen molar-refractivity contribution in [3.05, 3.63) is 10.2 Å². The number of carbonyl (C=O) groups is 1. The summed E-state index contributed by atoms with van der Waals surface area (Å²) in [6.45, 7) is 7.90. The number of carbonyl (C=O) groups excluding carboxylic acids is 1. The van der Waals surface area contributed by atoms with Crippen molar-refractivity contribution in [2.75, 3.05) is 25.0 Å². The molecule has 0 saturated carbocycles. The summed E-state index contributed by atoms with van der Waals surface area (Å²) in [6, 6.07) is 2.47. The maximum absolute atomic E-state index is 12.2. The molecule has 1 atom stereocenters. The lowest BCUT2D eigenvalue weighted by atomic mass is 9.87. The molecule has 0 radical (unpaired) electrons. The topological polar surface area (TPSA) is 83.2 Å². The van der Waals surface area contributed by atoms with Gasteiger partial charge in [-0.2, -0.15) is 10.4 Å². The highest BCUT2D eigenvalue weighted by atomic mass is 79.9.